The van der Waals surface area contributed by atoms with Crippen LogP contribution in [0.4, 0.5) is 4.79 Å². The van der Waals surface area contributed by atoms with Crippen LogP contribution in [0.15, 0.2) is 23.2 Å². The van der Waals surface area contributed by atoms with Gasteiger partial charge in [-0.05, 0) is 29.5 Å². The number of nitrogens with zero attached hydrogens (tertiary/aromatic N) is 4. The molecular weight excluding hydrogens is 371 g/mol. The molecule has 1 fully saturated rings. The summed E-state index contributed by atoms with van der Waals surface area (Å²) in [5.41, 5.74) is 0.926. The average molecular weight is 386 g/mol. The average Bonchev–Trinajstić information content (AvgIpc) is 2.87. The van der Waals surface area contributed by atoms with Gasteiger partial charge < -0.3 is 0 Å². The molecule has 0 spiro atoms. The summed E-state index contributed by atoms with van der Waals surface area (Å²) in [6, 6.07) is 4.30. The predicted octanol–water partition coefficient (Wildman–Crippen LogP) is 2.53. The van der Waals surface area contributed by atoms with E-state index in [0.717, 1.165) is 10.5 Å². The van der Waals surface area contributed by atoms with Gasteiger partial charge in [-0.15, -0.1) is 4.99 Å². The molecule has 2 aliphatic rings. The van der Waals surface area contributed by atoms with Gasteiger partial charge in [0.15, 0.2) is 0 Å². The molecule has 1 unspecified atom stereocenters. The third-order valence-electron chi connectivity index (χ3n) is 3.97. The van der Waals surface area contributed by atoms with Crippen molar-refractivity contribution in [2.24, 2.45) is 4.99 Å². The summed E-state index contributed by atoms with van der Waals surface area (Å²) in [6.07, 6.45) is 0. The number of amides is 3. The molecule has 9 heteroatoms. The molecule has 0 saturated carbocycles. The second kappa shape index (κ2) is 6.38. The van der Waals surface area contributed by atoms with Crippen LogP contribution in [0.2, 0.25) is 10.0 Å². The first kappa shape index (κ1) is 17.3. The second-order valence-corrected chi connectivity index (χ2v) is 7.28. The van der Waals surface area contributed by atoms with Crippen molar-refractivity contribution >= 4 is 57.9 Å². The number of fused-ring (bicyclic) bond motifs is 1. The Morgan fingerprint density at radius 3 is 2.62 bits per heavy atom. The SMILES string of the molecule is CN1C(=O)C2N=C(SCc3ccc(Cl)cc3Cl)[N+](C)=C2N(C)C1=O. The Balaban J connectivity index is 1.84. The zero-order chi connectivity index (χ0) is 17.6. The van der Waals surface area contributed by atoms with Crippen molar-refractivity contribution in [3.8, 4) is 0 Å². The van der Waals surface area contributed by atoms with Crippen LogP contribution >= 0.6 is 35.0 Å². The third-order valence-corrected chi connectivity index (χ3v) is 5.65. The minimum Gasteiger partial charge on any atom is -0.269 e. The van der Waals surface area contributed by atoms with E-state index >= 15 is 0 Å². The first-order valence-corrected chi connectivity index (χ1v) is 8.85. The number of carbonyl (C=O) groups is 2. The maximum absolute atomic E-state index is 12.3. The van der Waals surface area contributed by atoms with Crippen molar-refractivity contribution in [3.63, 3.8) is 0 Å². The summed E-state index contributed by atoms with van der Waals surface area (Å²) in [4.78, 5) is 31.4. The van der Waals surface area contributed by atoms with Crippen LogP contribution in [0, 0.1) is 0 Å². The minimum absolute atomic E-state index is 0.319. The highest BCUT2D eigenvalue weighted by atomic mass is 35.5. The Hall–Kier alpha value is -1.57. The fourth-order valence-corrected chi connectivity index (χ4v) is 4.18. The van der Waals surface area contributed by atoms with E-state index in [1.807, 2.05) is 6.07 Å². The molecule has 0 N–H and O–H groups in total. The highest BCUT2D eigenvalue weighted by molar-refractivity contribution is 8.12. The van der Waals surface area contributed by atoms with E-state index in [1.165, 1.54) is 23.7 Å². The van der Waals surface area contributed by atoms with Gasteiger partial charge in [-0.25, -0.2) is 14.3 Å². The van der Waals surface area contributed by atoms with Gasteiger partial charge in [0.1, 0.15) is 0 Å². The zero-order valence-corrected chi connectivity index (χ0v) is 15.6. The van der Waals surface area contributed by atoms with Crippen molar-refractivity contribution in [3.05, 3.63) is 33.8 Å². The topological polar surface area (TPSA) is 56.0 Å². The van der Waals surface area contributed by atoms with Gasteiger partial charge >= 0.3 is 6.03 Å². The normalized spacial score (nSPS) is 20.7. The second-order valence-electron chi connectivity index (χ2n) is 5.49. The van der Waals surface area contributed by atoms with Crippen LogP contribution in [0.1, 0.15) is 5.56 Å². The Bertz CT molecular complexity index is 809. The molecule has 0 bridgehead atoms. The first-order valence-electron chi connectivity index (χ1n) is 7.11. The number of amidine groups is 2. The summed E-state index contributed by atoms with van der Waals surface area (Å²) < 4.78 is 1.78. The van der Waals surface area contributed by atoms with Crippen LogP contribution < -0.4 is 0 Å². The third kappa shape index (κ3) is 2.81. The number of hydrogen-bond donors (Lipinski definition) is 0. The van der Waals surface area contributed by atoms with Crippen molar-refractivity contribution in [2.75, 3.05) is 21.1 Å². The summed E-state index contributed by atoms with van der Waals surface area (Å²) in [6.45, 7) is 0. The lowest BCUT2D eigenvalue weighted by Gasteiger charge is -2.27. The van der Waals surface area contributed by atoms with Gasteiger partial charge in [-0.1, -0.05) is 29.3 Å². The van der Waals surface area contributed by atoms with Crippen molar-refractivity contribution in [1.82, 2.24) is 9.80 Å². The van der Waals surface area contributed by atoms with Gasteiger partial charge in [-0.3, -0.25) is 9.69 Å². The van der Waals surface area contributed by atoms with E-state index in [1.54, 1.807) is 30.8 Å². The van der Waals surface area contributed by atoms with E-state index < -0.39 is 6.04 Å². The highest BCUT2D eigenvalue weighted by Crippen LogP contribution is 2.28. The van der Waals surface area contributed by atoms with E-state index in [2.05, 4.69) is 4.99 Å². The number of urea groups is 1. The summed E-state index contributed by atoms with van der Waals surface area (Å²) >= 11 is 13.5. The number of imide groups is 1. The Labute approximate surface area is 153 Å². The monoisotopic (exact) mass is 385 g/mol. The molecule has 0 radical (unpaired) electrons. The fraction of sp³-hybridized carbons (Fsp3) is 0.333. The number of carbonyl (C=O) groups excluding carboxylic acids is 2. The minimum atomic E-state index is -0.675. The maximum Gasteiger partial charge on any atom is 0.388 e. The molecule has 6 nitrogen and oxygen atoms in total. The molecule has 0 aromatic heterocycles. The van der Waals surface area contributed by atoms with Gasteiger partial charge in [0, 0.05) is 22.8 Å². The molecule has 2 heterocycles. The fourth-order valence-electron chi connectivity index (χ4n) is 2.63. The van der Waals surface area contributed by atoms with E-state index in [4.69, 9.17) is 23.2 Å². The quantitative estimate of drug-likeness (QED) is 0.734. The van der Waals surface area contributed by atoms with E-state index in [0.29, 0.717) is 26.8 Å². The lowest BCUT2D eigenvalue weighted by atomic mass is 10.2. The smallest absolute Gasteiger partial charge is 0.269 e. The van der Waals surface area contributed by atoms with Crippen molar-refractivity contribution in [2.45, 2.75) is 11.8 Å². The Kier molecular flexibility index (Phi) is 4.59. The van der Waals surface area contributed by atoms with Crippen molar-refractivity contribution in [1.29, 1.82) is 0 Å². The molecule has 126 valence electrons. The first-order chi connectivity index (χ1) is 11.3. The maximum atomic E-state index is 12.3. The number of thioether (sulfide) groups is 1. The van der Waals surface area contributed by atoms with Crippen molar-refractivity contribution < 1.29 is 14.2 Å². The van der Waals surface area contributed by atoms with Gasteiger partial charge in [0.25, 0.3) is 23.0 Å². The molecule has 2 aliphatic heterocycles. The lowest BCUT2D eigenvalue weighted by molar-refractivity contribution is -0.367. The number of benzene rings is 1. The Morgan fingerprint density at radius 2 is 1.96 bits per heavy atom. The highest BCUT2D eigenvalue weighted by Gasteiger charge is 2.51. The number of likely N-dealkylation sites (N-methyl/N-ethyl adjacent to an activating group) is 2. The van der Waals surface area contributed by atoms with Crippen LogP contribution in [-0.2, 0) is 10.5 Å². The number of halogens is 2. The standard InChI is InChI=1S/C15H15Cl2N4O2S/c1-19-12-11(13(22)21(3)15(23)20(12)2)18-14(19)24-7-8-4-5-9(16)6-10(8)17/h4-6,11H,7H2,1-3H3/q+1. The molecule has 24 heavy (non-hydrogen) atoms. The van der Waals surface area contributed by atoms with E-state index in [-0.39, 0.29) is 11.9 Å². The molecule has 1 aromatic carbocycles. The molecule has 3 amide bonds. The van der Waals surface area contributed by atoms with Crippen LogP contribution in [0.3, 0.4) is 0 Å². The Morgan fingerprint density at radius 1 is 1.25 bits per heavy atom. The number of aliphatic imine (C=N–C) groups is 1. The molecular formula is C15H15Cl2N4O2S+. The van der Waals surface area contributed by atoms with Crippen LogP contribution in [-0.4, -0.2) is 64.5 Å². The number of hydrogen-bond acceptors (Lipinski definition) is 4. The largest absolute Gasteiger partial charge is 0.388 e. The molecule has 1 saturated heterocycles. The summed E-state index contributed by atoms with van der Waals surface area (Å²) in [5, 5.41) is 1.84. The zero-order valence-electron chi connectivity index (χ0n) is 13.3. The van der Waals surface area contributed by atoms with Gasteiger partial charge in [0.2, 0.25) is 0 Å². The molecule has 1 aromatic rings. The molecule has 3 rings (SSSR count). The molecule has 1 atom stereocenters. The summed E-state index contributed by atoms with van der Waals surface area (Å²) in [7, 11) is 4.91. The van der Waals surface area contributed by atoms with Gasteiger partial charge in [0.05, 0.1) is 14.1 Å². The van der Waals surface area contributed by atoms with Crippen LogP contribution in [0.5, 0.6) is 0 Å². The lowest BCUT2D eigenvalue weighted by Crippen LogP contribution is -2.59. The van der Waals surface area contributed by atoms with Crippen LogP contribution in [0.25, 0.3) is 0 Å². The van der Waals surface area contributed by atoms with Gasteiger partial charge in [-0.2, -0.15) is 0 Å². The van der Waals surface area contributed by atoms with E-state index in [9.17, 15) is 9.59 Å². The summed E-state index contributed by atoms with van der Waals surface area (Å²) in [5.74, 6) is 0.841. The number of rotatable bonds is 2. The predicted molar refractivity (Wildman–Crippen MR) is 96.1 cm³/mol. The molecule has 0 aliphatic carbocycles.